The topological polar surface area (TPSA) is 152 Å². The smallest absolute Gasteiger partial charge is 0.338 e. The number of carbonyl (C=O) groups is 2. The van der Waals surface area contributed by atoms with E-state index in [-0.39, 0.29) is 48.8 Å². The Hall–Kier alpha value is -2.28. The quantitative estimate of drug-likeness (QED) is 0.352. The molecule has 12 heteroatoms. The number of hydrogen-bond acceptors (Lipinski definition) is 10. The van der Waals surface area contributed by atoms with Gasteiger partial charge in [-0.3, -0.25) is 9.80 Å². The van der Waals surface area contributed by atoms with E-state index in [1.54, 1.807) is 12.1 Å². The second-order valence-corrected chi connectivity index (χ2v) is 11.4. The molecule has 0 aromatic heterocycles. The molecule has 10 nitrogen and oxygen atoms in total. The minimum absolute atomic E-state index is 0. The Labute approximate surface area is 259 Å². The van der Waals surface area contributed by atoms with E-state index in [2.05, 4.69) is 9.80 Å². The molecule has 4 aliphatic rings. The van der Waals surface area contributed by atoms with Gasteiger partial charge in [-0.1, -0.05) is 12.1 Å². The van der Waals surface area contributed by atoms with Crippen LogP contribution in [0.5, 0.6) is 0 Å². The molecule has 0 bridgehead atoms. The highest BCUT2D eigenvalue weighted by Crippen LogP contribution is 2.31. The fourth-order valence-electron chi connectivity index (χ4n) is 6.20. The summed E-state index contributed by atoms with van der Waals surface area (Å²) in [6.07, 6.45) is 0.860. The number of ether oxygens (including phenoxy) is 2. The molecular formula is C30H42Cl2N4O6. The van der Waals surface area contributed by atoms with Gasteiger partial charge in [0.25, 0.3) is 0 Å². The van der Waals surface area contributed by atoms with Crippen LogP contribution in [0.4, 0.5) is 0 Å². The van der Waals surface area contributed by atoms with E-state index in [4.69, 9.17) is 20.9 Å². The molecule has 2 aromatic carbocycles. The van der Waals surface area contributed by atoms with E-state index in [0.29, 0.717) is 37.4 Å². The molecule has 2 fully saturated rings. The van der Waals surface area contributed by atoms with Gasteiger partial charge in [0.05, 0.1) is 23.3 Å². The number of β-amino-alcohol motifs (C(OH)–C–C–N with tert-alkyl or cyclic N) is 2. The van der Waals surface area contributed by atoms with Gasteiger partial charge in [0.2, 0.25) is 0 Å². The van der Waals surface area contributed by atoms with Gasteiger partial charge in [-0.15, -0.1) is 24.8 Å². The molecule has 0 spiro atoms. The molecule has 2 aromatic rings. The van der Waals surface area contributed by atoms with Gasteiger partial charge in [0.15, 0.2) is 0 Å². The average Bonchev–Trinajstić information content (AvgIpc) is 3.70. The van der Waals surface area contributed by atoms with Crippen molar-refractivity contribution in [2.45, 2.75) is 64.2 Å². The van der Waals surface area contributed by atoms with Crippen LogP contribution in [0.25, 0.3) is 0 Å². The maximum absolute atomic E-state index is 11.5. The number of rotatable bonds is 6. The van der Waals surface area contributed by atoms with E-state index in [0.717, 1.165) is 72.4 Å². The number of esters is 2. The molecular weight excluding hydrogens is 583 g/mol. The minimum Gasteiger partial charge on any atom is -0.457 e. The predicted octanol–water partition coefficient (Wildman–Crippen LogP) is 2.31. The van der Waals surface area contributed by atoms with Crippen molar-refractivity contribution in [2.75, 3.05) is 39.3 Å². The van der Waals surface area contributed by atoms with Crippen molar-refractivity contribution >= 4 is 36.8 Å². The Morgan fingerprint density at radius 3 is 1.48 bits per heavy atom. The molecule has 0 radical (unpaired) electrons. The number of fused-ring (bicyclic) bond motifs is 2. The van der Waals surface area contributed by atoms with Crippen molar-refractivity contribution in [3.05, 3.63) is 68.8 Å². The SMILES string of the molecule is Cc1c([C@@H](O)CN2CC[C@@H](N)C2)ccc2c1COC2=O.Cc1c([C@@H](O)CN2CC[C@@H](N)C2)ccc2c1COC2=O.Cl.Cl. The van der Waals surface area contributed by atoms with Crippen LogP contribution in [0.2, 0.25) is 0 Å². The van der Waals surface area contributed by atoms with Gasteiger partial charge in [-0.2, -0.15) is 0 Å². The molecule has 6 N–H and O–H groups in total. The van der Waals surface area contributed by atoms with Gasteiger partial charge in [-0.05, 0) is 74.2 Å². The number of likely N-dealkylation sites (tertiary alicyclic amines) is 2. The zero-order valence-corrected chi connectivity index (χ0v) is 25.7. The molecule has 6 rings (SSSR count). The number of carbonyl (C=O) groups excluding carboxylic acids is 2. The summed E-state index contributed by atoms with van der Waals surface area (Å²) >= 11 is 0. The summed E-state index contributed by atoms with van der Waals surface area (Å²) in [4.78, 5) is 27.4. The summed E-state index contributed by atoms with van der Waals surface area (Å²) in [6, 6.07) is 7.62. The first-order valence-corrected chi connectivity index (χ1v) is 14.0. The van der Waals surface area contributed by atoms with Crippen molar-refractivity contribution in [1.82, 2.24) is 9.80 Å². The second kappa shape index (κ2) is 14.5. The van der Waals surface area contributed by atoms with Crippen LogP contribution in [0.1, 0.15) is 79.1 Å². The lowest BCUT2D eigenvalue weighted by Crippen LogP contribution is -2.30. The first kappa shape index (κ1) is 34.2. The van der Waals surface area contributed by atoms with Crippen LogP contribution in [-0.2, 0) is 22.7 Å². The van der Waals surface area contributed by atoms with Crippen molar-refractivity contribution < 1.29 is 29.3 Å². The summed E-state index contributed by atoms with van der Waals surface area (Å²) in [5.41, 5.74) is 18.5. The van der Waals surface area contributed by atoms with E-state index in [1.165, 1.54) is 0 Å². The number of nitrogens with zero attached hydrogens (tertiary/aromatic N) is 2. The van der Waals surface area contributed by atoms with Gasteiger partial charge >= 0.3 is 11.9 Å². The Morgan fingerprint density at radius 2 is 1.14 bits per heavy atom. The van der Waals surface area contributed by atoms with E-state index >= 15 is 0 Å². The molecule has 4 atom stereocenters. The molecule has 0 aliphatic carbocycles. The molecule has 232 valence electrons. The largest absolute Gasteiger partial charge is 0.457 e. The third-order valence-electron chi connectivity index (χ3n) is 8.61. The Balaban J connectivity index is 0.000000220. The molecule has 42 heavy (non-hydrogen) atoms. The summed E-state index contributed by atoms with van der Waals surface area (Å²) in [6.45, 7) is 9.22. The van der Waals surface area contributed by atoms with Crippen LogP contribution >= 0.6 is 24.8 Å². The maximum atomic E-state index is 11.5. The van der Waals surface area contributed by atoms with Crippen LogP contribution in [0.15, 0.2) is 24.3 Å². The molecule has 2 saturated heterocycles. The first-order chi connectivity index (χ1) is 19.1. The Kier molecular flexibility index (Phi) is 11.8. The fourth-order valence-corrected chi connectivity index (χ4v) is 6.20. The zero-order valence-electron chi connectivity index (χ0n) is 24.1. The van der Waals surface area contributed by atoms with Crippen molar-refractivity contribution in [1.29, 1.82) is 0 Å². The van der Waals surface area contributed by atoms with Crippen molar-refractivity contribution in [3.8, 4) is 0 Å². The highest BCUT2D eigenvalue weighted by molar-refractivity contribution is 5.94. The fraction of sp³-hybridized carbons (Fsp3) is 0.533. The third kappa shape index (κ3) is 7.26. The van der Waals surface area contributed by atoms with Crippen LogP contribution in [0.3, 0.4) is 0 Å². The minimum atomic E-state index is -0.554. The lowest BCUT2D eigenvalue weighted by atomic mass is 9.95. The highest BCUT2D eigenvalue weighted by atomic mass is 35.5. The number of benzene rings is 2. The van der Waals surface area contributed by atoms with Crippen molar-refractivity contribution in [2.24, 2.45) is 11.5 Å². The summed E-state index contributed by atoms with van der Waals surface area (Å²) in [5, 5.41) is 20.9. The van der Waals surface area contributed by atoms with Gasteiger partial charge in [-0.25, -0.2) is 9.59 Å². The lowest BCUT2D eigenvalue weighted by Gasteiger charge is -2.21. The Bertz CT molecular complexity index is 1200. The lowest BCUT2D eigenvalue weighted by molar-refractivity contribution is 0.0525. The first-order valence-electron chi connectivity index (χ1n) is 14.0. The summed E-state index contributed by atoms with van der Waals surface area (Å²) in [7, 11) is 0. The molecule has 0 unspecified atom stereocenters. The molecule has 0 saturated carbocycles. The second-order valence-electron chi connectivity index (χ2n) is 11.4. The number of hydrogen-bond donors (Lipinski definition) is 4. The van der Waals surface area contributed by atoms with Gasteiger partial charge < -0.3 is 31.2 Å². The van der Waals surface area contributed by atoms with Crippen LogP contribution in [-0.4, -0.2) is 83.3 Å². The average molecular weight is 626 g/mol. The normalized spacial score (nSPS) is 22.6. The number of aliphatic hydroxyl groups excluding tert-OH is 2. The third-order valence-corrected chi connectivity index (χ3v) is 8.61. The van der Waals surface area contributed by atoms with Gasteiger partial charge in [0, 0.05) is 49.4 Å². The van der Waals surface area contributed by atoms with E-state index in [9.17, 15) is 19.8 Å². The summed E-state index contributed by atoms with van der Waals surface area (Å²) in [5.74, 6) is -0.538. The van der Waals surface area contributed by atoms with E-state index in [1.807, 2.05) is 26.0 Å². The predicted molar refractivity (Wildman–Crippen MR) is 163 cm³/mol. The number of halogens is 2. The molecule has 4 heterocycles. The number of aliphatic hydroxyl groups is 2. The number of nitrogens with two attached hydrogens (primary N) is 2. The van der Waals surface area contributed by atoms with Crippen LogP contribution in [0, 0.1) is 13.8 Å². The van der Waals surface area contributed by atoms with Crippen molar-refractivity contribution in [3.63, 3.8) is 0 Å². The molecule has 4 aliphatic heterocycles. The standard InChI is InChI=1S/2C15H20N2O3.2ClH/c2*1-9-11(2-3-12-13(9)8-20-15(12)19)14(18)7-17-5-4-10(16)6-17;;/h2*2-3,10,14,18H,4-8,16H2,1H3;2*1H/t2*10-,14+;;/m11../s1. The summed E-state index contributed by atoms with van der Waals surface area (Å²) < 4.78 is 10.1. The Morgan fingerprint density at radius 1 is 0.762 bits per heavy atom. The number of cyclic esters (lactones) is 2. The molecule has 0 amide bonds. The van der Waals surface area contributed by atoms with Crippen LogP contribution < -0.4 is 11.5 Å². The highest BCUT2D eigenvalue weighted by Gasteiger charge is 2.29. The monoisotopic (exact) mass is 624 g/mol. The van der Waals surface area contributed by atoms with E-state index < -0.39 is 12.2 Å². The van der Waals surface area contributed by atoms with Gasteiger partial charge in [0.1, 0.15) is 13.2 Å². The maximum Gasteiger partial charge on any atom is 0.338 e. The zero-order chi connectivity index (χ0) is 28.6.